The molecule has 0 bridgehead atoms. The van der Waals surface area contributed by atoms with E-state index in [1.165, 1.54) is 0 Å². The SMILES string of the molecule is COc1ccc(CC(=O)N2CCCCC2c2nc(C)c3c(n2)N(C2CC2)C(=O)CC3)cc1C. The van der Waals surface area contributed by atoms with Gasteiger partial charge in [-0.3, -0.25) is 14.5 Å². The van der Waals surface area contributed by atoms with Gasteiger partial charge in [-0.2, -0.15) is 0 Å². The number of methoxy groups -OCH3 is 1. The Labute approximate surface area is 195 Å². The number of carbonyl (C=O) groups is 2. The summed E-state index contributed by atoms with van der Waals surface area (Å²) in [6.07, 6.45) is 6.54. The van der Waals surface area contributed by atoms with Crippen molar-refractivity contribution in [1.82, 2.24) is 14.9 Å². The molecule has 0 N–H and O–H groups in total. The van der Waals surface area contributed by atoms with Crippen molar-refractivity contribution in [3.63, 3.8) is 0 Å². The Kier molecular flexibility index (Phi) is 5.81. The molecule has 1 aromatic carbocycles. The number of hydrogen-bond acceptors (Lipinski definition) is 5. The van der Waals surface area contributed by atoms with Gasteiger partial charge in [0.2, 0.25) is 11.8 Å². The molecule has 1 unspecified atom stereocenters. The number of carbonyl (C=O) groups excluding carboxylic acids is 2. The van der Waals surface area contributed by atoms with Gasteiger partial charge in [0.15, 0.2) is 5.82 Å². The first-order valence-electron chi connectivity index (χ1n) is 12.1. The van der Waals surface area contributed by atoms with Crippen molar-refractivity contribution in [2.75, 3.05) is 18.6 Å². The number of benzene rings is 1. The molecule has 7 nitrogen and oxygen atoms in total. The molecule has 5 rings (SSSR count). The molecule has 2 aromatic rings. The monoisotopic (exact) mass is 448 g/mol. The van der Waals surface area contributed by atoms with E-state index in [9.17, 15) is 9.59 Å². The van der Waals surface area contributed by atoms with Gasteiger partial charge in [0, 0.05) is 30.3 Å². The minimum atomic E-state index is -0.146. The average molecular weight is 449 g/mol. The van der Waals surface area contributed by atoms with Gasteiger partial charge in [-0.25, -0.2) is 9.97 Å². The molecular formula is C26H32N4O3. The quantitative estimate of drug-likeness (QED) is 0.695. The van der Waals surface area contributed by atoms with Crippen LogP contribution < -0.4 is 9.64 Å². The molecule has 1 atom stereocenters. The van der Waals surface area contributed by atoms with E-state index in [1.807, 2.05) is 41.8 Å². The Morgan fingerprint density at radius 1 is 1.12 bits per heavy atom. The topological polar surface area (TPSA) is 75.6 Å². The predicted molar refractivity (Wildman–Crippen MR) is 125 cm³/mol. The number of hydrogen-bond donors (Lipinski definition) is 0. The number of nitrogens with zero attached hydrogens (tertiary/aromatic N) is 4. The molecule has 0 radical (unpaired) electrons. The summed E-state index contributed by atoms with van der Waals surface area (Å²) in [4.78, 5) is 39.8. The standard InChI is InChI=1S/C26H32N4O3/c1-16-14-18(7-11-22(16)33-3)15-24(32)29-13-5-4-6-21(29)25-27-17(2)20-10-12-23(31)30(19-8-9-19)26(20)28-25/h7,11,14,19,21H,4-6,8-10,12-13,15H2,1-3H3. The molecule has 1 aliphatic carbocycles. The van der Waals surface area contributed by atoms with Crippen LogP contribution in [0.5, 0.6) is 5.75 Å². The van der Waals surface area contributed by atoms with Crippen LogP contribution >= 0.6 is 0 Å². The Balaban J connectivity index is 1.43. The molecule has 1 saturated heterocycles. The molecule has 174 valence electrons. The van der Waals surface area contributed by atoms with Gasteiger partial charge in [0.25, 0.3) is 0 Å². The summed E-state index contributed by atoms with van der Waals surface area (Å²) in [6, 6.07) is 6.04. The molecule has 2 aliphatic heterocycles. The molecule has 2 amide bonds. The van der Waals surface area contributed by atoms with Gasteiger partial charge in [0.05, 0.1) is 19.6 Å². The first-order valence-corrected chi connectivity index (χ1v) is 12.1. The lowest BCUT2D eigenvalue weighted by molar-refractivity contribution is -0.134. The minimum absolute atomic E-state index is 0.0957. The molecule has 1 saturated carbocycles. The lowest BCUT2D eigenvalue weighted by Crippen LogP contribution is -2.42. The fourth-order valence-corrected chi connectivity index (χ4v) is 5.25. The first kappa shape index (κ1) is 21.9. The van der Waals surface area contributed by atoms with Crippen molar-refractivity contribution in [3.8, 4) is 5.75 Å². The maximum absolute atomic E-state index is 13.4. The van der Waals surface area contributed by atoms with E-state index >= 15 is 0 Å². The second-order valence-electron chi connectivity index (χ2n) is 9.54. The Bertz CT molecular complexity index is 1100. The lowest BCUT2D eigenvalue weighted by Gasteiger charge is -2.36. The van der Waals surface area contributed by atoms with Crippen molar-refractivity contribution in [3.05, 3.63) is 46.4 Å². The van der Waals surface area contributed by atoms with E-state index in [0.29, 0.717) is 31.6 Å². The fourth-order valence-electron chi connectivity index (χ4n) is 5.25. The Hall–Kier alpha value is -2.96. The summed E-state index contributed by atoms with van der Waals surface area (Å²) in [5.41, 5.74) is 4.04. The number of aryl methyl sites for hydroxylation is 2. The van der Waals surface area contributed by atoms with Gasteiger partial charge in [0.1, 0.15) is 11.6 Å². The van der Waals surface area contributed by atoms with Crippen LogP contribution in [-0.4, -0.2) is 46.4 Å². The van der Waals surface area contributed by atoms with Gasteiger partial charge >= 0.3 is 0 Å². The van der Waals surface area contributed by atoms with E-state index in [0.717, 1.165) is 66.1 Å². The highest BCUT2D eigenvalue weighted by Crippen LogP contribution is 2.39. The normalized spacial score (nSPS) is 20.6. The second-order valence-corrected chi connectivity index (χ2v) is 9.54. The number of ether oxygens (including phenoxy) is 1. The van der Waals surface area contributed by atoms with E-state index in [4.69, 9.17) is 14.7 Å². The molecule has 0 spiro atoms. The predicted octanol–water partition coefficient (Wildman–Crippen LogP) is 3.84. The highest BCUT2D eigenvalue weighted by molar-refractivity contribution is 5.96. The first-order chi connectivity index (χ1) is 16.0. The number of aromatic nitrogens is 2. The number of anilines is 1. The van der Waals surface area contributed by atoms with Crippen molar-refractivity contribution in [2.24, 2.45) is 0 Å². The molecule has 1 aromatic heterocycles. The summed E-state index contributed by atoms with van der Waals surface area (Å²) in [5, 5.41) is 0. The van der Waals surface area contributed by atoms with Crippen molar-refractivity contribution in [2.45, 2.75) is 77.3 Å². The largest absolute Gasteiger partial charge is 0.496 e. The lowest BCUT2D eigenvalue weighted by atomic mass is 9.98. The van der Waals surface area contributed by atoms with Crippen molar-refractivity contribution >= 4 is 17.6 Å². The number of amides is 2. The van der Waals surface area contributed by atoms with Crippen molar-refractivity contribution < 1.29 is 14.3 Å². The second kappa shape index (κ2) is 8.76. The molecule has 2 fully saturated rings. The number of rotatable bonds is 5. The van der Waals surface area contributed by atoms with Crippen LogP contribution in [0, 0.1) is 13.8 Å². The number of piperidine rings is 1. The van der Waals surface area contributed by atoms with Crippen LogP contribution in [0.2, 0.25) is 0 Å². The maximum atomic E-state index is 13.4. The fraction of sp³-hybridized carbons (Fsp3) is 0.538. The summed E-state index contributed by atoms with van der Waals surface area (Å²) < 4.78 is 5.35. The van der Waals surface area contributed by atoms with Gasteiger partial charge < -0.3 is 9.64 Å². The zero-order valence-electron chi connectivity index (χ0n) is 19.8. The third-order valence-electron chi connectivity index (χ3n) is 7.14. The molecule has 7 heteroatoms. The summed E-state index contributed by atoms with van der Waals surface area (Å²) in [7, 11) is 1.66. The van der Waals surface area contributed by atoms with Gasteiger partial charge in [-0.15, -0.1) is 0 Å². The van der Waals surface area contributed by atoms with E-state index < -0.39 is 0 Å². The number of fused-ring (bicyclic) bond motifs is 1. The maximum Gasteiger partial charge on any atom is 0.228 e. The third kappa shape index (κ3) is 4.21. The Morgan fingerprint density at radius 3 is 2.67 bits per heavy atom. The number of likely N-dealkylation sites (tertiary alicyclic amines) is 1. The highest BCUT2D eigenvalue weighted by atomic mass is 16.5. The molecule has 3 heterocycles. The zero-order valence-corrected chi connectivity index (χ0v) is 19.8. The molecule has 3 aliphatic rings. The van der Waals surface area contributed by atoms with Crippen LogP contribution in [-0.2, 0) is 22.4 Å². The zero-order chi connectivity index (χ0) is 23.1. The summed E-state index contributed by atoms with van der Waals surface area (Å²) in [5.74, 6) is 2.57. The Morgan fingerprint density at radius 2 is 1.94 bits per heavy atom. The van der Waals surface area contributed by atoms with Crippen LogP contribution in [0.3, 0.4) is 0 Å². The van der Waals surface area contributed by atoms with Crippen molar-refractivity contribution in [1.29, 1.82) is 0 Å². The highest BCUT2D eigenvalue weighted by Gasteiger charge is 2.40. The van der Waals surface area contributed by atoms with Gasteiger partial charge in [-0.1, -0.05) is 12.1 Å². The van der Waals surface area contributed by atoms with Gasteiger partial charge in [-0.05, 0) is 69.6 Å². The summed E-state index contributed by atoms with van der Waals surface area (Å²) in [6.45, 7) is 4.72. The van der Waals surface area contributed by atoms with E-state index in [2.05, 4.69) is 0 Å². The van der Waals surface area contributed by atoms with E-state index in [-0.39, 0.29) is 23.9 Å². The average Bonchev–Trinajstić information content (AvgIpc) is 3.64. The minimum Gasteiger partial charge on any atom is -0.496 e. The summed E-state index contributed by atoms with van der Waals surface area (Å²) >= 11 is 0. The molecule has 33 heavy (non-hydrogen) atoms. The molecular weight excluding hydrogens is 416 g/mol. The third-order valence-corrected chi connectivity index (χ3v) is 7.14. The van der Waals surface area contributed by atoms with Crippen LogP contribution in [0.15, 0.2) is 18.2 Å². The smallest absolute Gasteiger partial charge is 0.228 e. The van der Waals surface area contributed by atoms with Crippen LogP contribution in [0.25, 0.3) is 0 Å². The van der Waals surface area contributed by atoms with Crippen LogP contribution in [0.1, 0.15) is 72.8 Å². The van der Waals surface area contributed by atoms with Crippen LogP contribution in [0.4, 0.5) is 5.82 Å². The van der Waals surface area contributed by atoms with E-state index in [1.54, 1.807) is 7.11 Å².